The molecule has 0 atom stereocenters. The summed E-state index contributed by atoms with van der Waals surface area (Å²) < 4.78 is 5.67. The van der Waals surface area contributed by atoms with E-state index in [0.717, 1.165) is 28.8 Å². The van der Waals surface area contributed by atoms with Crippen LogP contribution in [0.25, 0.3) is 10.9 Å². The lowest BCUT2D eigenvalue weighted by molar-refractivity contribution is 0.316. The molecule has 0 aliphatic rings. The van der Waals surface area contributed by atoms with Crippen LogP contribution in [0.1, 0.15) is 12.1 Å². The predicted octanol–water partition coefficient (Wildman–Crippen LogP) is 2.27. The molecule has 0 fully saturated rings. The summed E-state index contributed by atoms with van der Waals surface area (Å²) >= 11 is 0. The van der Waals surface area contributed by atoms with Crippen molar-refractivity contribution in [2.45, 2.75) is 13.3 Å². The SMILES string of the molecule is Cc1ccc2cccc(OCCCN)c2n1. The van der Waals surface area contributed by atoms with E-state index in [4.69, 9.17) is 10.5 Å². The Labute approximate surface area is 95.2 Å². The topological polar surface area (TPSA) is 48.1 Å². The minimum absolute atomic E-state index is 0.644. The van der Waals surface area contributed by atoms with Crippen LogP contribution < -0.4 is 10.5 Å². The molecule has 0 spiro atoms. The van der Waals surface area contributed by atoms with Crippen LogP contribution in [-0.2, 0) is 0 Å². The van der Waals surface area contributed by atoms with Crippen LogP contribution in [0.15, 0.2) is 30.3 Å². The Balaban J connectivity index is 2.32. The predicted molar refractivity (Wildman–Crippen MR) is 65.6 cm³/mol. The van der Waals surface area contributed by atoms with E-state index < -0.39 is 0 Å². The van der Waals surface area contributed by atoms with Gasteiger partial charge >= 0.3 is 0 Å². The van der Waals surface area contributed by atoms with E-state index in [-0.39, 0.29) is 0 Å². The van der Waals surface area contributed by atoms with Crippen molar-refractivity contribution >= 4 is 10.9 Å². The molecular weight excluding hydrogens is 200 g/mol. The van der Waals surface area contributed by atoms with Crippen molar-refractivity contribution < 1.29 is 4.74 Å². The fourth-order valence-corrected chi connectivity index (χ4v) is 1.60. The average Bonchev–Trinajstić information content (AvgIpc) is 2.30. The second kappa shape index (κ2) is 4.94. The summed E-state index contributed by atoms with van der Waals surface area (Å²) in [5, 5.41) is 1.11. The summed E-state index contributed by atoms with van der Waals surface area (Å²) in [7, 11) is 0. The Kier molecular flexibility index (Phi) is 3.37. The average molecular weight is 216 g/mol. The molecule has 2 N–H and O–H groups in total. The minimum atomic E-state index is 0.644. The number of ether oxygens (including phenoxy) is 1. The van der Waals surface area contributed by atoms with Crippen molar-refractivity contribution in [3.63, 3.8) is 0 Å². The Morgan fingerprint density at radius 1 is 1.25 bits per heavy atom. The molecule has 0 saturated heterocycles. The van der Waals surface area contributed by atoms with Crippen molar-refractivity contribution in [3.8, 4) is 5.75 Å². The summed E-state index contributed by atoms with van der Waals surface area (Å²) in [6, 6.07) is 10.0. The summed E-state index contributed by atoms with van der Waals surface area (Å²) in [5.74, 6) is 0.842. The highest BCUT2D eigenvalue weighted by Gasteiger charge is 2.03. The van der Waals surface area contributed by atoms with Crippen LogP contribution in [0.5, 0.6) is 5.75 Å². The van der Waals surface area contributed by atoms with Gasteiger partial charge in [0.15, 0.2) is 0 Å². The summed E-state index contributed by atoms with van der Waals surface area (Å²) in [6.07, 6.45) is 0.863. The monoisotopic (exact) mass is 216 g/mol. The lowest BCUT2D eigenvalue weighted by atomic mass is 10.2. The lowest BCUT2D eigenvalue weighted by Crippen LogP contribution is -2.06. The van der Waals surface area contributed by atoms with E-state index in [2.05, 4.69) is 11.1 Å². The maximum absolute atomic E-state index is 5.67. The Morgan fingerprint density at radius 2 is 2.12 bits per heavy atom. The normalized spacial score (nSPS) is 10.6. The molecule has 3 nitrogen and oxygen atoms in total. The molecule has 1 aromatic heterocycles. The molecule has 0 amide bonds. The third-order valence-corrected chi connectivity index (χ3v) is 2.43. The van der Waals surface area contributed by atoms with Crippen molar-refractivity contribution in [2.75, 3.05) is 13.2 Å². The highest BCUT2D eigenvalue weighted by molar-refractivity contribution is 5.84. The molecule has 0 unspecified atom stereocenters. The van der Waals surface area contributed by atoms with Crippen molar-refractivity contribution in [2.24, 2.45) is 5.73 Å². The van der Waals surface area contributed by atoms with Crippen LogP contribution in [0.3, 0.4) is 0 Å². The maximum Gasteiger partial charge on any atom is 0.145 e. The first kappa shape index (κ1) is 10.9. The molecule has 2 aromatic rings. The molecule has 0 radical (unpaired) electrons. The van der Waals surface area contributed by atoms with Crippen LogP contribution in [0.4, 0.5) is 0 Å². The van der Waals surface area contributed by atoms with Gasteiger partial charge in [0, 0.05) is 11.1 Å². The molecule has 1 heterocycles. The van der Waals surface area contributed by atoms with Gasteiger partial charge in [-0.15, -0.1) is 0 Å². The Bertz CT molecular complexity index is 482. The molecule has 1 aromatic carbocycles. The number of benzene rings is 1. The quantitative estimate of drug-likeness (QED) is 0.797. The fraction of sp³-hybridized carbons (Fsp3) is 0.308. The van der Waals surface area contributed by atoms with Gasteiger partial charge in [-0.2, -0.15) is 0 Å². The summed E-state index contributed by atoms with van der Waals surface area (Å²) in [4.78, 5) is 4.50. The van der Waals surface area contributed by atoms with Gasteiger partial charge in [0.05, 0.1) is 6.61 Å². The largest absolute Gasteiger partial charge is 0.491 e. The molecule has 0 saturated carbocycles. The zero-order chi connectivity index (χ0) is 11.4. The van der Waals surface area contributed by atoms with Crippen molar-refractivity contribution in [3.05, 3.63) is 36.0 Å². The number of para-hydroxylation sites is 1. The molecule has 0 aliphatic carbocycles. The molecular formula is C13H16N2O. The van der Waals surface area contributed by atoms with Gasteiger partial charge < -0.3 is 10.5 Å². The highest BCUT2D eigenvalue weighted by atomic mass is 16.5. The van der Waals surface area contributed by atoms with Gasteiger partial charge in [0.2, 0.25) is 0 Å². The molecule has 0 bridgehead atoms. The van der Waals surface area contributed by atoms with Gasteiger partial charge in [0.25, 0.3) is 0 Å². The van der Waals surface area contributed by atoms with E-state index in [9.17, 15) is 0 Å². The van der Waals surface area contributed by atoms with Crippen LogP contribution >= 0.6 is 0 Å². The minimum Gasteiger partial charge on any atom is -0.491 e. The number of aromatic nitrogens is 1. The molecule has 0 aliphatic heterocycles. The Hall–Kier alpha value is -1.61. The van der Waals surface area contributed by atoms with E-state index in [1.807, 2.05) is 31.2 Å². The first-order chi connectivity index (χ1) is 7.81. The maximum atomic E-state index is 5.67. The first-order valence-electron chi connectivity index (χ1n) is 5.50. The molecule has 2 rings (SSSR count). The van der Waals surface area contributed by atoms with E-state index in [1.54, 1.807) is 0 Å². The van der Waals surface area contributed by atoms with Gasteiger partial charge in [-0.3, -0.25) is 0 Å². The van der Waals surface area contributed by atoms with Crippen LogP contribution in [0.2, 0.25) is 0 Å². The van der Waals surface area contributed by atoms with Gasteiger partial charge in [-0.05, 0) is 32.0 Å². The number of hydrogen-bond acceptors (Lipinski definition) is 3. The lowest BCUT2D eigenvalue weighted by Gasteiger charge is -2.08. The number of nitrogens with two attached hydrogens (primary N) is 1. The van der Waals surface area contributed by atoms with E-state index >= 15 is 0 Å². The number of nitrogens with zero attached hydrogens (tertiary/aromatic N) is 1. The van der Waals surface area contributed by atoms with Crippen LogP contribution in [0, 0.1) is 6.92 Å². The van der Waals surface area contributed by atoms with Crippen LogP contribution in [-0.4, -0.2) is 18.1 Å². The second-order valence-corrected chi connectivity index (χ2v) is 3.77. The molecule has 16 heavy (non-hydrogen) atoms. The molecule has 3 heteroatoms. The van der Waals surface area contributed by atoms with E-state index in [1.165, 1.54) is 0 Å². The number of fused-ring (bicyclic) bond motifs is 1. The van der Waals surface area contributed by atoms with Crippen molar-refractivity contribution in [1.82, 2.24) is 4.98 Å². The second-order valence-electron chi connectivity index (χ2n) is 3.77. The zero-order valence-electron chi connectivity index (χ0n) is 9.44. The fourth-order valence-electron chi connectivity index (χ4n) is 1.60. The standard InChI is InChI=1S/C13H16N2O/c1-10-6-7-11-4-2-5-12(13(11)15-10)16-9-3-8-14/h2,4-7H,3,8-9,14H2,1H3. The number of hydrogen-bond donors (Lipinski definition) is 1. The Morgan fingerprint density at radius 3 is 2.94 bits per heavy atom. The number of rotatable bonds is 4. The summed E-state index contributed by atoms with van der Waals surface area (Å²) in [6.45, 7) is 3.28. The smallest absolute Gasteiger partial charge is 0.145 e. The highest BCUT2D eigenvalue weighted by Crippen LogP contribution is 2.23. The molecule has 84 valence electrons. The third-order valence-electron chi connectivity index (χ3n) is 2.43. The number of aryl methyl sites for hydroxylation is 1. The first-order valence-corrected chi connectivity index (χ1v) is 5.50. The van der Waals surface area contributed by atoms with Gasteiger partial charge in [-0.25, -0.2) is 4.98 Å². The summed E-state index contributed by atoms with van der Waals surface area (Å²) in [5.41, 5.74) is 7.37. The number of pyridine rings is 1. The zero-order valence-corrected chi connectivity index (χ0v) is 9.44. The van der Waals surface area contributed by atoms with Gasteiger partial charge in [-0.1, -0.05) is 18.2 Å². The van der Waals surface area contributed by atoms with Crippen molar-refractivity contribution in [1.29, 1.82) is 0 Å². The van der Waals surface area contributed by atoms with E-state index in [0.29, 0.717) is 13.2 Å². The third kappa shape index (κ3) is 2.31. The van der Waals surface area contributed by atoms with Gasteiger partial charge in [0.1, 0.15) is 11.3 Å².